The molecular formula is C4H5F2NO2. The number of nitrogens with two attached hydrogens (primary N) is 1. The number of halogens is 2. The van der Waals surface area contributed by atoms with Gasteiger partial charge in [0.05, 0.1) is 6.42 Å². The third-order valence-electron chi connectivity index (χ3n) is 1.03. The fourth-order valence-corrected chi connectivity index (χ4v) is 0.456. The highest BCUT2D eigenvalue weighted by molar-refractivity contribution is 5.65. The molecule has 1 aliphatic carbocycles. The molecule has 0 unspecified atom stereocenters. The topological polar surface area (TPSA) is 52.3 Å². The van der Waals surface area contributed by atoms with Crippen molar-refractivity contribution in [3.8, 4) is 0 Å². The summed E-state index contributed by atoms with van der Waals surface area (Å²) in [6.07, 6.45) is -2.80. The van der Waals surface area contributed by atoms with Gasteiger partial charge in [-0.15, -0.1) is 0 Å². The molecule has 0 spiro atoms. The van der Waals surface area contributed by atoms with Crippen molar-refractivity contribution in [1.82, 2.24) is 0 Å². The number of carbonyl (C=O) groups excluding carboxylic acids is 1. The van der Waals surface area contributed by atoms with Crippen molar-refractivity contribution < 1.29 is 18.3 Å². The van der Waals surface area contributed by atoms with Crippen molar-refractivity contribution in [3.05, 3.63) is 0 Å². The Bertz CT molecular complexity index is 148. The van der Waals surface area contributed by atoms with Gasteiger partial charge in [-0.1, -0.05) is 0 Å². The average Bonchev–Trinajstić information content (AvgIpc) is 2.10. The van der Waals surface area contributed by atoms with Crippen molar-refractivity contribution in [3.63, 3.8) is 0 Å². The summed E-state index contributed by atoms with van der Waals surface area (Å²) in [6, 6.07) is 0. The molecule has 52 valence electrons. The monoisotopic (exact) mass is 137 g/mol. The largest absolute Gasteiger partial charge is 0.440 e. The summed E-state index contributed by atoms with van der Waals surface area (Å²) in [6.45, 7) is 0. The zero-order valence-electron chi connectivity index (χ0n) is 4.43. The summed E-state index contributed by atoms with van der Waals surface area (Å²) in [5.41, 5.74) is 4.46. The predicted molar refractivity (Wildman–Crippen MR) is 24.0 cm³/mol. The standard InChI is InChI=1S/C4H5F2NO2/c5-4(6)1-2(4)9-3(7)8/h2H,1H2,(H2,7,8)/t2-/m0/s1. The van der Waals surface area contributed by atoms with Crippen LogP contribution in [0.3, 0.4) is 0 Å². The second-order valence-corrected chi connectivity index (χ2v) is 1.89. The Morgan fingerprint density at radius 3 is 2.33 bits per heavy atom. The van der Waals surface area contributed by atoms with Crippen LogP contribution in [0.4, 0.5) is 13.6 Å². The molecule has 0 radical (unpaired) electrons. The van der Waals surface area contributed by atoms with E-state index in [4.69, 9.17) is 0 Å². The van der Waals surface area contributed by atoms with Crippen LogP contribution < -0.4 is 5.73 Å². The molecule has 1 rings (SSSR count). The molecule has 1 atom stereocenters. The highest BCUT2D eigenvalue weighted by Gasteiger charge is 2.60. The van der Waals surface area contributed by atoms with Crippen molar-refractivity contribution in [2.75, 3.05) is 0 Å². The van der Waals surface area contributed by atoms with E-state index in [2.05, 4.69) is 10.5 Å². The van der Waals surface area contributed by atoms with Crippen LogP contribution in [0.5, 0.6) is 0 Å². The highest BCUT2D eigenvalue weighted by Crippen LogP contribution is 2.44. The molecule has 1 fully saturated rings. The van der Waals surface area contributed by atoms with Crippen LogP contribution in [0.2, 0.25) is 0 Å². The molecular weight excluding hydrogens is 132 g/mol. The van der Waals surface area contributed by atoms with Gasteiger partial charge in [-0.05, 0) is 0 Å². The summed E-state index contributed by atoms with van der Waals surface area (Å²) in [4.78, 5) is 9.80. The highest BCUT2D eigenvalue weighted by atomic mass is 19.3. The SMILES string of the molecule is NC(=O)O[C@H]1CC1(F)F. The van der Waals surface area contributed by atoms with Crippen molar-refractivity contribution >= 4 is 6.09 Å². The van der Waals surface area contributed by atoms with Gasteiger partial charge in [-0.3, -0.25) is 0 Å². The maximum Gasteiger partial charge on any atom is 0.404 e. The Kier molecular flexibility index (Phi) is 1.08. The summed E-state index contributed by atoms with van der Waals surface area (Å²) in [7, 11) is 0. The first-order chi connectivity index (χ1) is 4.02. The van der Waals surface area contributed by atoms with Gasteiger partial charge in [-0.25, -0.2) is 13.6 Å². The maximum atomic E-state index is 11.8. The molecule has 0 aliphatic heterocycles. The smallest absolute Gasteiger partial charge is 0.404 e. The fraction of sp³-hybridized carbons (Fsp3) is 0.750. The molecule has 5 heteroatoms. The number of alkyl halides is 2. The van der Waals surface area contributed by atoms with Gasteiger partial charge in [0, 0.05) is 0 Å². The van der Waals surface area contributed by atoms with E-state index in [0.717, 1.165) is 0 Å². The van der Waals surface area contributed by atoms with E-state index in [1.807, 2.05) is 0 Å². The lowest BCUT2D eigenvalue weighted by Crippen LogP contribution is -2.17. The molecule has 1 amide bonds. The van der Waals surface area contributed by atoms with Gasteiger partial charge in [0.2, 0.25) is 0 Å². The molecule has 1 aliphatic rings. The van der Waals surface area contributed by atoms with Crippen molar-refractivity contribution in [2.24, 2.45) is 5.73 Å². The van der Waals surface area contributed by atoms with Gasteiger partial charge in [-0.2, -0.15) is 0 Å². The molecule has 0 aromatic carbocycles. The van der Waals surface area contributed by atoms with Gasteiger partial charge in [0.25, 0.3) is 5.92 Å². The lowest BCUT2D eigenvalue weighted by Gasteiger charge is -1.95. The molecule has 0 aromatic rings. The second-order valence-electron chi connectivity index (χ2n) is 1.89. The third kappa shape index (κ3) is 1.28. The Hall–Kier alpha value is -0.870. The molecule has 9 heavy (non-hydrogen) atoms. The van der Waals surface area contributed by atoms with Crippen LogP contribution >= 0.6 is 0 Å². The summed E-state index contributed by atoms with van der Waals surface area (Å²) >= 11 is 0. The Labute approximate surface area is 49.8 Å². The van der Waals surface area contributed by atoms with E-state index < -0.39 is 24.5 Å². The zero-order valence-corrected chi connectivity index (χ0v) is 4.43. The van der Waals surface area contributed by atoms with Crippen molar-refractivity contribution in [1.29, 1.82) is 0 Å². The van der Waals surface area contributed by atoms with E-state index in [0.29, 0.717) is 0 Å². The summed E-state index contributed by atoms with van der Waals surface area (Å²) < 4.78 is 27.6. The molecule has 0 heterocycles. The van der Waals surface area contributed by atoms with Crippen LogP contribution in [0.25, 0.3) is 0 Å². The van der Waals surface area contributed by atoms with Gasteiger partial charge >= 0.3 is 6.09 Å². The summed E-state index contributed by atoms with van der Waals surface area (Å²) in [5, 5.41) is 0. The number of hydrogen-bond acceptors (Lipinski definition) is 2. The molecule has 2 N–H and O–H groups in total. The van der Waals surface area contributed by atoms with E-state index in [1.165, 1.54) is 0 Å². The minimum atomic E-state index is -2.82. The first-order valence-electron chi connectivity index (χ1n) is 2.36. The number of amides is 1. The first-order valence-corrected chi connectivity index (χ1v) is 2.36. The molecule has 0 bridgehead atoms. The van der Waals surface area contributed by atoms with Crippen molar-refractivity contribution in [2.45, 2.75) is 18.4 Å². The number of hydrogen-bond donors (Lipinski definition) is 1. The quantitative estimate of drug-likeness (QED) is 0.571. The predicted octanol–water partition coefficient (Wildman–Crippen LogP) is 0.489. The third-order valence-corrected chi connectivity index (χ3v) is 1.03. The van der Waals surface area contributed by atoms with E-state index in [1.54, 1.807) is 0 Å². The van der Waals surface area contributed by atoms with E-state index >= 15 is 0 Å². The number of carbonyl (C=O) groups is 1. The zero-order chi connectivity index (χ0) is 7.07. The minimum Gasteiger partial charge on any atom is -0.440 e. The van der Waals surface area contributed by atoms with Gasteiger partial charge < -0.3 is 10.5 Å². The Balaban J connectivity index is 2.28. The Morgan fingerprint density at radius 1 is 1.78 bits per heavy atom. The second kappa shape index (κ2) is 1.55. The van der Waals surface area contributed by atoms with Crippen LogP contribution in [0, 0.1) is 0 Å². The molecule has 0 aromatic heterocycles. The van der Waals surface area contributed by atoms with Gasteiger partial charge in [0.15, 0.2) is 6.10 Å². The van der Waals surface area contributed by atoms with Crippen LogP contribution in [-0.4, -0.2) is 18.1 Å². The van der Waals surface area contributed by atoms with E-state index in [9.17, 15) is 13.6 Å². The number of rotatable bonds is 1. The minimum absolute atomic E-state index is 0.393. The Morgan fingerprint density at radius 2 is 2.22 bits per heavy atom. The van der Waals surface area contributed by atoms with Gasteiger partial charge in [0.1, 0.15) is 0 Å². The lowest BCUT2D eigenvalue weighted by molar-refractivity contribution is 0.0448. The number of ether oxygens (including phenoxy) is 1. The van der Waals surface area contributed by atoms with Crippen LogP contribution in [0.1, 0.15) is 6.42 Å². The first kappa shape index (κ1) is 6.25. The normalized spacial score (nSPS) is 29.3. The van der Waals surface area contributed by atoms with Crippen LogP contribution in [0.15, 0.2) is 0 Å². The molecule has 1 saturated carbocycles. The molecule has 0 saturated heterocycles. The fourth-order valence-electron chi connectivity index (χ4n) is 0.456. The van der Waals surface area contributed by atoms with E-state index in [-0.39, 0.29) is 0 Å². The lowest BCUT2D eigenvalue weighted by atomic mass is 10.8. The maximum absolute atomic E-state index is 11.8. The molecule has 3 nitrogen and oxygen atoms in total. The van der Waals surface area contributed by atoms with Crippen LogP contribution in [-0.2, 0) is 4.74 Å². The average molecular weight is 137 g/mol. The summed E-state index contributed by atoms with van der Waals surface area (Å²) in [5.74, 6) is -2.82. The number of primary amides is 1.